The Labute approximate surface area is 152 Å². The van der Waals surface area contributed by atoms with Crippen LogP contribution in [-0.2, 0) is 16.6 Å². The fraction of sp³-hybridized carbons (Fsp3) is 0.278. The minimum atomic E-state index is -1.93. The number of para-hydroxylation sites is 2. The van der Waals surface area contributed by atoms with Gasteiger partial charge in [0.1, 0.15) is 11.6 Å². The molecule has 7 heteroatoms. The van der Waals surface area contributed by atoms with Crippen molar-refractivity contribution < 1.29 is 4.21 Å². The molecule has 2 aromatic heterocycles. The number of hydrogen-bond donors (Lipinski definition) is 0. The Hall–Kier alpha value is -2.05. The maximum Gasteiger partial charge on any atom is 0.142 e. The second-order valence-corrected chi connectivity index (χ2v) is 9.52. The van der Waals surface area contributed by atoms with Crippen molar-refractivity contribution in [2.75, 3.05) is 29.5 Å². The van der Waals surface area contributed by atoms with Gasteiger partial charge in [0.15, 0.2) is 0 Å². The summed E-state index contributed by atoms with van der Waals surface area (Å²) in [5.74, 6) is 6.66. The molecule has 3 heterocycles. The van der Waals surface area contributed by atoms with Crippen molar-refractivity contribution in [1.82, 2.24) is 14.5 Å². The van der Waals surface area contributed by atoms with Gasteiger partial charge < -0.3 is 9.47 Å². The molecule has 1 fully saturated rings. The summed E-state index contributed by atoms with van der Waals surface area (Å²) in [6.07, 6.45) is 1.67. The van der Waals surface area contributed by atoms with Gasteiger partial charge in [-0.2, -0.15) is 0 Å². The van der Waals surface area contributed by atoms with Crippen LogP contribution >= 0.6 is 11.6 Å². The summed E-state index contributed by atoms with van der Waals surface area (Å²) < 4.78 is 14.1. The Morgan fingerprint density at radius 1 is 1.24 bits per heavy atom. The summed E-state index contributed by atoms with van der Waals surface area (Å²) in [6.45, 7) is 1.39. The van der Waals surface area contributed by atoms with Crippen LogP contribution < -0.4 is 4.90 Å². The van der Waals surface area contributed by atoms with E-state index in [0.717, 1.165) is 28.2 Å². The number of aryl methyl sites for hydroxylation is 1. The Balaban J connectivity index is 1.76. The van der Waals surface area contributed by atoms with Crippen molar-refractivity contribution in [3.8, 4) is 11.4 Å². The van der Waals surface area contributed by atoms with Crippen LogP contribution in [0.25, 0.3) is 22.4 Å². The first-order valence-corrected chi connectivity index (χ1v) is 10.5. The minimum absolute atomic E-state index is 0.570. The molecule has 0 unspecified atom stereocenters. The van der Waals surface area contributed by atoms with Crippen molar-refractivity contribution in [3.63, 3.8) is 0 Å². The average Bonchev–Trinajstić information content (AvgIpc) is 2.93. The van der Waals surface area contributed by atoms with Gasteiger partial charge in [0.05, 0.1) is 16.1 Å². The van der Waals surface area contributed by atoms with Gasteiger partial charge in [-0.25, -0.2) is 9.97 Å². The van der Waals surface area contributed by atoms with Crippen LogP contribution in [0.4, 0.5) is 5.82 Å². The summed E-state index contributed by atoms with van der Waals surface area (Å²) in [5, 5.41) is 0.570. The van der Waals surface area contributed by atoms with Gasteiger partial charge >= 0.3 is 0 Å². The molecule has 1 aliphatic rings. The van der Waals surface area contributed by atoms with Gasteiger partial charge in [0, 0.05) is 43.4 Å². The normalized spacial score (nSPS) is 17.1. The predicted octanol–water partition coefficient (Wildman–Crippen LogP) is 2.83. The van der Waals surface area contributed by atoms with Crippen LogP contribution in [0.5, 0.6) is 0 Å². The number of aromatic nitrogens is 3. The van der Waals surface area contributed by atoms with Crippen molar-refractivity contribution >= 4 is 43.8 Å². The van der Waals surface area contributed by atoms with E-state index in [0.29, 0.717) is 29.6 Å². The Morgan fingerprint density at radius 2 is 1.96 bits per heavy atom. The van der Waals surface area contributed by atoms with Crippen LogP contribution in [0.15, 0.2) is 36.5 Å². The third kappa shape index (κ3) is 3.00. The second-order valence-electron chi connectivity index (χ2n) is 6.37. The highest BCUT2D eigenvalue weighted by atomic mass is 35.5. The molecule has 25 heavy (non-hydrogen) atoms. The van der Waals surface area contributed by atoms with E-state index in [1.54, 1.807) is 6.20 Å². The quantitative estimate of drug-likeness (QED) is 0.647. The van der Waals surface area contributed by atoms with Crippen molar-refractivity contribution in [1.29, 1.82) is 0 Å². The Bertz CT molecular complexity index is 1040. The van der Waals surface area contributed by atoms with E-state index < -0.39 is 9.52 Å². The first-order chi connectivity index (χ1) is 11.9. The van der Waals surface area contributed by atoms with E-state index in [-0.39, 0.29) is 0 Å². The molecule has 0 atom stereocenters. The molecule has 1 aliphatic heterocycles. The molecule has 3 aromatic rings. The van der Waals surface area contributed by atoms with E-state index in [1.807, 2.05) is 41.9 Å². The van der Waals surface area contributed by atoms with E-state index >= 15 is 0 Å². The Morgan fingerprint density at radius 3 is 2.68 bits per heavy atom. The smallest absolute Gasteiger partial charge is 0.142 e. The number of pyridine rings is 1. The molecule has 0 aliphatic carbocycles. The highest BCUT2D eigenvalue weighted by Crippen LogP contribution is 2.32. The van der Waals surface area contributed by atoms with Gasteiger partial charge in [-0.15, -0.1) is 0 Å². The van der Waals surface area contributed by atoms with Gasteiger partial charge in [0.25, 0.3) is 0 Å². The zero-order chi connectivity index (χ0) is 17.6. The molecule has 0 amide bonds. The number of rotatable bonds is 2. The highest BCUT2D eigenvalue weighted by molar-refractivity contribution is 8.00. The monoisotopic (exact) mass is 374 g/mol. The number of halogens is 1. The molecular weight excluding hydrogens is 356 g/mol. The lowest BCUT2D eigenvalue weighted by Crippen LogP contribution is -2.40. The van der Waals surface area contributed by atoms with Gasteiger partial charge in [0.2, 0.25) is 0 Å². The molecule has 0 N–H and O–H groups in total. The van der Waals surface area contributed by atoms with Gasteiger partial charge in [-0.05, 0) is 33.6 Å². The van der Waals surface area contributed by atoms with Crippen LogP contribution in [0.3, 0.4) is 0 Å². The zero-order valence-corrected chi connectivity index (χ0v) is 15.6. The molecule has 0 spiro atoms. The lowest BCUT2D eigenvalue weighted by Gasteiger charge is -2.30. The third-order valence-corrected chi connectivity index (χ3v) is 6.81. The number of hydrogen-bond acceptors (Lipinski definition) is 4. The van der Waals surface area contributed by atoms with Crippen molar-refractivity contribution in [2.45, 2.75) is 0 Å². The number of imidazole rings is 1. The minimum Gasteiger partial charge on any atom is -0.355 e. The summed E-state index contributed by atoms with van der Waals surface area (Å²) in [7, 11) is 0.0559. The van der Waals surface area contributed by atoms with E-state index in [2.05, 4.69) is 15.8 Å². The summed E-state index contributed by atoms with van der Waals surface area (Å²) in [6, 6.07) is 9.97. The SMILES string of the molecule is C=S1(=O)CCN(c2cc(-c3nc4ccccc4n3C)c(Cl)cn2)CC1. The standard InChI is InChI=1S/C18H19ClN4OS/c1-22-16-6-4-3-5-15(16)21-18(22)13-11-17(20-12-14(13)19)23-7-9-25(2,24)10-8-23/h3-6,11-12H,2,7-10H2,1H3. The number of anilines is 1. The lowest BCUT2D eigenvalue weighted by atomic mass is 10.2. The molecule has 5 nitrogen and oxygen atoms in total. The topological polar surface area (TPSA) is 51.0 Å². The maximum absolute atomic E-state index is 12.1. The van der Waals surface area contributed by atoms with Crippen LogP contribution in [0.1, 0.15) is 0 Å². The van der Waals surface area contributed by atoms with E-state index in [9.17, 15) is 4.21 Å². The Kier molecular flexibility index (Phi) is 3.96. The third-order valence-electron chi connectivity index (χ3n) is 4.66. The molecule has 0 radical (unpaired) electrons. The fourth-order valence-electron chi connectivity index (χ4n) is 3.15. The molecule has 1 saturated heterocycles. The molecule has 4 rings (SSSR count). The molecular formula is C18H19ClN4OS. The molecule has 0 saturated carbocycles. The molecule has 1 aromatic carbocycles. The first kappa shape index (κ1) is 16.4. The molecule has 130 valence electrons. The van der Waals surface area contributed by atoms with Crippen LogP contribution in [-0.4, -0.2) is 49.2 Å². The van der Waals surface area contributed by atoms with Crippen LogP contribution in [0, 0.1) is 0 Å². The number of fused-ring (bicyclic) bond motifs is 1. The zero-order valence-electron chi connectivity index (χ0n) is 14.0. The van der Waals surface area contributed by atoms with Gasteiger partial charge in [-0.3, -0.25) is 4.21 Å². The number of nitrogens with zero attached hydrogens (tertiary/aromatic N) is 4. The van der Waals surface area contributed by atoms with Crippen LogP contribution in [0.2, 0.25) is 5.02 Å². The van der Waals surface area contributed by atoms with Crippen molar-refractivity contribution in [2.24, 2.45) is 7.05 Å². The summed E-state index contributed by atoms with van der Waals surface area (Å²) in [5.41, 5.74) is 2.84. The van der Waals surface area contributed by atoms with E-state index in [1.165, 1.54) is 0 Å². The first-order valence-electron chi connectivity index (χ1n) is 8.09. The summed E-state index contributed by atoms with van der Waals surface area (Å²) >= 11 is 6.42. The number of benzene rings is 1. The predicted molar refractivity (Wildman–Crippen MR) is 106 cm³/mol. The molecule has 0 bridgehead atoms. The fourth-order valence-corrected chi connectivity index (χ4v) is 4.65. The highest BCUT2D eigenvalue weighted by Gasteiger charge is 2.21. The largest absolute Gasteiger partial charge is 0.355 e. The summed E-state index contributed by atoms with van der Waals surface area (Å²) in [4.78, 5) is 11.3. The average molecular weight is 375 g/mol. The second kappa shape index (κ2) is 6.04. The van der Waals surface area contributed by atoms with E-state index in [4.69, 9.17) is 16.6 Å². The van der Waals surface area contributed by atoms with Crippen molar-refractivity contribution in [3.05, 3.63) is 41.6 Å². The lowest BCUT2D eigenvalue weighted by molar-refractivity contribution is 0.670. The maximum atomic E-state index is 12.1. The van der Waals surface area contributed by atoms with Gasteiger partial charge in [-0.1, -0.05) is 23.7 Å².